The summed E-state index contributed by atoms with van der Waals surface area (Å²) in [6.45, 7) is 0.699. The molecule has 0 N–H and O–H groups in total. The van der Waals surface area contributed by atoms with Crippen LogP contribution in [0.3, 0.4) is 0 Å². The quantitative estimate of drug-likeness (QED) is 0.778. The van der Waals surface area contributed by atoms with Crippen LogP contribution in [0.1, 0.15) is 18.4 Å². The minimum Gasteiger partial charge on any atom is -0.445 e. The van der Waals surface area contributed by atoms with Crippen molar-refractivity contribution in [3.05, 3.63) is 35.9 Å². The highest BCUT2D eigenvalue weighted by Gasteiger charge is 2.40. The van der Waals surface area contributed by atoms with Gasteiger partial charge in [-0.15, -0.1) is 11.8 Å². The maximum atomic E-state index is 12.7. The minimum absolute atomic E-state index is 0.147. The normalized spacial score (nSPS) is 23.3. The number of likely N-dealkylation sites (tertiary alicyclic amines) is 1. The fraction of sp³-hybridized carbons (Fsp3) is 0.471. The van der Waals surface area contributed by atoms with Gasteiger partial charge in [-0.25, -0.2) is 4.79 Å². The number of hydrogen-bond donors (Lipinski definition) is 0. The Kier molecular flexibility index (Phi) is 5.40. The van der Waals surface area contributed by atoms with Gasteiger partial charge in [0.1, 0.15) is 18.9 Å². The second-order valence-corrected chi connectivity index (χ2v) is 6.90. The number of benzene rings is 1. The molecule has 0 aromatic heterocycles. The van der Waals surface area contributed by atoms with Gasteiger partial charge in [0.25, 0.3) is 0 Å². The SMILES string of the molecule is O=C[C@@H]1CSCN1C(=O)[C@@H]1CCCN1C(=O)OCc1ccccc1. The van der Waals surface area contributed by atoms with E-state index in [4.69, 9.17) is 4.74 Å². The van der Waals surface area contributed by atoms with Crippen LogP contribution in [0.5, 0.6) is 0 Å². The van der Waals surface area contributed by atoms with E-state index in [2.05, 4.69) is 0 Å². The van der Waals surface area contributed by atoms with Crippen molar-refractivity contribution in [2.24, 2.45) is 0 Å². The first-order valence-electron chi connectivity index (χ1n) is 8.01. The van der Waals surface area contributed by atoms with Gasteiger partial charge in [0.15, 0.2) is 0 Å². The smallest absolute Gasteiger partial charge is 0.410 e. The maximum Gasteiger partial charge on any atom is 0.410 e. The third kappa shape index (κ3) is 3.56. The van der Waals surface area contributed by atoms with Gasteiger partial charge in [0, 0.05) is 12.3 Å². The van der Waals surface area contributed by atoms with Gasteiger partial charge in [-0.3, -0.25) is 9.69 Å². The summed E-state index contributed by atoms with van der Waals surface area (Å²) in [5.41, 5.74) is 0.907. The average Bonchev–Trinajstić information content (AvgIpc) is 3.28. The first-order chi connectivity index (χ1) is 11.7. The summed E-state index contributed by atoms with van der Waals surface area (Å²) in [6, 6.07) is 8.54. The Morgan fingerprint density at radius 2 is 2.04 bits per heavy atom. The highest BCUT2D eigenvalue weighted by atomic mass is 32.2. The topological polar surface area (TPSA) is 66.9 Å². The van der Waals surface area contributed by atoms with Crippen molar-refractivity contribution in [1.82, 2.24) is 9.80 Å². The molecule has 24 heavy (non-hydrogen) atoms. The lowest BCUT2D eigenvalue weighted by Crippen LogP contribution is -2.50. The summed E-state index contributed by atoms with van der Waals surface area (Å²) in [6.07, 6.45) is 1.73. The van der Waals surface area contributed by atoms with Crippen LogP contribution in [0.25, 0.3) is 0 Å². The maximum absolute atomic E-state index is 12.7. The number of nitrogens with zero attached hydrogens (tertiary/aromatic N) is 2. The Morgan fingerprint density at radius 1 is 1.25 bits per heavy atom. The van der Waals surface area contributed by atoms with E-state index in [1.807, 2.05) is 30.3 Å². The third-order valence-electron chi connectivity index (χ3n) is 4.34. The largest absolute Gasteiger partial charge is 0.445 e. The molecule has 1 aromatic rings. The van der Waals surface area contributed by atoms with Crippen molar-refractivity contribution >= 4 is 30.0 Å². The van der Waals surface area contributed by atoms with E-state index < -0.39 is 12.1 Å². The van der Waals surface area contributed by atoms with Crippen molar-refractivity contribution in [2.75, 3.05) is 18.2 Å². The fourth-order valence-electron chi connectivity index (χ4n) is 3.03. The minimum atomic E-state index is -0.519. The molecule has 0 spiro atoms. The summed E-state index contributed by atoms with van der Waals surface area (Å²) < 4.78 is 5.35. The second kappa shape index (κ2) is 7.70. The van der Waals surface area contributed by atoms with E-state index in [1.165, 1.54) is 4.90 Å². The Balaban J connectivity index is 1.61. The molecule has 2 aliphatic heterocycles. The predicted octanol–water partition coefficient (Wildman–Crippen LogP) is 1.89. The van der Waals surface area contributed by atoms with E-state index >= 15 is 0 Å². The van der Waals surface area contributed by atoms with Crippen molar-refractivity contribution in [3.8, 4) is 0 Å². The third-order valence-corrected chi connectivity index (χ3v) is 5.37. The van der Waals surface area contributed by atoms with Gasteiger partial charge < -0.3 is 14.4 Å². The van der Waals surface area contributed by atoms with Gasteiger partial charge in [0.2, 0.25) is 5.91 Å². The van der Waals surface area contributed by atoms with Crippen LogP contribution in [-0.4, -0.2) is 58.3 Å². The molecule has 2 amide bonds. The van der Waals surface area contributed by atoms with Crippen LogP contribution in [-0.2, 0) is 20.9 Å². The zero-order chi connectivity index (χ0) is 16.9. The van der Waals surface area contributed by atoms with Crippen LogP contribution in [0.2, 0.25) is 0 Å². The molecule has 1 aromatic carbocycles. The van der Waals surface area contributed by atoms with E-state index in [0.29, 0.717) is 24.6 Å². The molecule has 0 bridgehead atoms. The number of ether oxygens (including phenoxy) is 1. The first-order valence-corrected chi connectivity index (χ1v) is 9.17. The van der Waals surface area contributed by atoms with Gasteiger partial charge >= 0.3 is 6.09 Å². The highest BCUT2D eigenvalue weighted by Crippen LogP contribution is 2.26. The molecule has 0 radical (unpaired) electrons. The molecular weight excluding hydrogens is 328 g/mol. The summed E-state index contributed by atoms with van der Waals surface area (Å²) in [5.74, 6) is 0.984. The number of thioether (sulfide) groups is 1. The average molecular weight is 348 g/mol. The fourth-order valence-corrected chi connectivity index (χ4v) is 4.15. The predicted molar refractivity (Wildman–Crippen MR) is 90.4 cm³/mol. The molecule has 2 saturated heterocycles. The Labute approximate surface area is 145 Å². The van der Waals surface area contributed by atoms with Crippen LogP contribution in [0.4, 0.5) is 4.79 Å². The number of carbonyl (C=O) groups is 3. The number of hydrogen-bond acceptors (Lipinski definition) is 5. The highest BCUT2D eigenvalue weighted by molar-refractivity contribution is 7.99. The number of rotatable bonds is 4. The monoisotopic (exact) mass is 348 g/mol. The molecule has 6 nitrogen and oxygen atoms in total. The Morgan fingerprint density at radius 3 is 2.79 bits per heavy atom. The molecule has 0 saturated carbocycles. The number of amides is 2. The lowest BCUT2D eigenvalue weighted by atomic mass is 10.2. The van der Waals surface area contributed by atoms with E-state index in [0.717, 1.165) is 18.3 Å². The molecule has 2 heterocycles. The molecule has 0 unspecified atom stereocenters. The summed E-state index contributed by atoms with van der Waals surface area (Å²) >= 11 is 1.56. The first kappa shape index (κ1) is 16.8. The molecular formula is C17H20N2O4S. The van der Waals surface area contributed by atoms with E-state index in [-0.39, 0.29) is 18.6 Å². The zero-order valence-corrected chi connectivity index (χ0v) is 14.1. The Bertz CT molecular complexity index is 610. The van der Waals surface area contributed by atoms with Crippen LogP contribution in [0.15, 0.2) is 30.3 Å². The van der Waals surface area contributed by atoms with Crippen LogP contribution in [0, 0.1) is 0 Å². The van der Waals surface area contributed by atoms with Gasteiger partial charge in [-0.2, -0.15) is 0 Å². The molecule has 7 heteroatoms. The van der Waals surface area contributed by atoms with Crippen molar-refractivity contribution < 1.29 is 19.1 Å². The lowest BCUT2D eigenvalue weighted by molar-refractivity contribution is -0.138. The summed E-state index contributed by atoms with van der Waals surface area (Å²) in [5, 5.41) is 0. The Hall–Kier alpha value is -2.02. The van der Waals surface area contributed by atoms with E-state index in [1.54, 1.807) is 16.7 Å². The van der Waals surface area contributed by atoms with Crippen molar-refractivity contribution in [2.45, 2.75) is 31.5 Å². The molecule has 2 fully saturated rings. The van der Waals surface area contributed by atoms with Crippen molar-refractivity contribution in [3.63, 3.8) is 0 Å². The van der Waals surface area contributed by atoms with Crippen LogP contribution < -0.4 is 0 Å². The van der Waals surface area contributed by atoms with Crippen molar-refractivity contribution in [1.29, 1.82) is 0 Å². The zero-order valence-electron chi connectivity index (χ0n) is 13.3. The molecule has 0 aliphatic carbocycles. The lowest BCUT2D eigenvalue weighted by Gasteiger charge is -2.28. The van der Waals surface area contributed by atoms with E-state index in [9.17, 15) is 14.4 Å². The summed E-state index contributed by atoms with van der Waals surface area (Å²) in [4.78, 5) is 39.2. The molecule has 3 rings (SSSR count). The van der Waals surface area contributed by atoms with Gasteiger partial charge in [0.05, 0.1) is 11.9 Å². The van der Waals surface area contributed by atoms with Gasteiger partial charge in [-0.1, -0.05) is 30.3 Å². The molecule has 2 atom stereocenters. The second-order valence-electron chi connectivity index (χ2n) is 5.90. The number of aldehydes is 1. The summed E-state index contributed by atoms with van der Waals surface area (Å²) in [7, 11) is 0. The van der Waals surface area contributed by atoms with Crippen LogP contribution >= 0.6 is 11.8 Å². The molecule has 128 valence electrons. The molecule has 2 aliphatic rings. The standard InChI is InChI=1S/C17H20N2O4S/c20-9-14-11-24-12-19(14)16(21)15-7-4-8-18(15)17(22)23-10-13-5-2-1-3-6-13/h1-3,5-6,9,14-15H,4,7-8,10-12H2/t14-,15+/m1/s1. The van der Waals surface area contributed by atoms with Gasteiger partial charge in [-0.05, 0) is 18.4 Å². The number of carbonyl (C=O) groups excluding carboxylic acids is 3.